The number of rotatable bonds is 5. The van der Waals surface area contributed by atoms with Crippen molar-refractivity contribution in [1.29, 1.82) is 0 Å². The number of benzene rings is 2. The molecule has 0 saturated carbocycles. The molecule has 5 nitrogen and oxygen atoms in total. The minimum Gasteiger partial charge on any atom is -0.267 e. The second kappa shape index (κ2) is 8.69. The molecule has 0 radical (unpaired) electrons. The summed E-state index contributed by atoms with van der Waals surface area (Å²) in [6.07, 6.45) is 1.50. The summed E-state index contributed by atoms with van der Waals surface area (Å²) in [7, 11) is 0. The summed E-state index contributed by atoms with van der Waals surface area (Å²) in [5.74, 6) is -0.318. The fourth-order valence-corrected chi connectivity index (χ4v) is 3.32. The largest absolute Gasteiger partial charge is 0.272 e. The molecule has 0 spiro atoms. The molecule has 1 N–H and O–H groups in total. The summed E-state index contributed by atoms with van der Waals surface area (Å²) in [6.45, 7) is 2.34. The average Bonchev–Trinajstić information content (AvgIpc) is 2.91. The number of carbonyl (C=O) groups is 1. The van der Waals surface area contributed by atoms with E-state index in [1.54, 1.807) is 22.9 Å². The van der Waals surface area contributed by atoms with Gasteiger partial charge in [0.2, 0.25) is 0 Å². The van der Waals surface area contributed by atoms with Gasteiger partial charge in [-0.05, 0) is 52.7 Å². The van der Waals surface area contributed by atoms with Crippen LogP contribution in [0, 0.1) is 6.92 Å². The molecule has 0 aliphatic carbocycles. The van der Waals surface area contributed by atoms with Gasteiger partial charge in [0.25, 0.3) is 5.91 Å². The molecule has 1 amide bonds. The summed E-state index contributed by atoms with van der Waals surface area (Å²) >= 11 is 15.7. The molecule has 0 aliphatic rings. The predicted molar refractivity (Wildman–Crippen MR) is 112 cm³/mol. The van der Waals surface area contributed by atoms with Gasteiger partial charge < -0.3 is 0 Å². The molecule has 2 aromatic carbocycles. The van der Waals surface area contributed by atoms with Crippen molar-refractivity contribution >= 4 is 51.3 Å². The first-order valence-electron chi connectivity index (χ1n) is 8.01. The third-order valence-electron chi connectivity index (χ3n) is 3.83. The van der Waals surface area contributed by atoms with E-state index in [0.717, 1.165) is 5.56 Å². The van der Waals surface area contributed by atoms with Crippen LogP contribution < -0.4 is 5.43 Å². The van der Waals surface area contributed by atoms with E-state index < -0.39 is 0 Å². The van der Waals surface area contributed by atoms with Gasteiger partial charge in [0, 0.05) is 9.50 Å². The molecular formula is C19H15BrCl2N4O. The Morgan fingerprint density at radius 3 is 2.63 bits per heavy atom. The molecule has 1 aromatic heterocycles. The smallest absolute Gasteiger partial charge is 0.267 e. The molecule has 1 heterocycles. The van der Waals surface area contributed by atoms with Gasteiger partial charge in [-0.1, -0.05) is 47.5 Å². The Morgan fingerprint density at radius 2 is 1.93 bits per heavy atom. The fraction of sp³-hybridized carbons (Fsp3) is 0.105. The number of amides is 1. The van der Waals surface area contributed by atoms with Gasteiger partial charge in [0.15, 0.2) is 0 Å². The van der Waals surface area contributed by atoms with Gasteiger partial charge in [-0.3, -0.25) is 4.79 Å². The molecule has 0 bridgehead atoms. The minimum atomic E-state index is -0.318. The van der Waals surface area contributed by atoms with E-state index in [9.17, 15) is 4.79 Å². The zero-order valence-electron chi connectivity index (χ0n) is 14.3. The van der Waals surface area contributed by atoms with E-state index in [2.05, 4.69) is 31.6 Å². The van der Waals surface area contributed by atoms with Gasteiger partial charge in [-0.25, -0.2) is 10.1 Å². The van der Waals surface area contributed by atoms with E-state index in [0.29, 0.717) is 38.0 Å². The Kier molecular flexibility index (Phi) is 6.31. The van der Waals surface area contributed by atoms with Crippen molar-refractivity contribution in [3.05, 3.63) is 85.6 Å². The number of halogens is 3. The second-order valence-corrected chi connectivity index (χ2v) is 7.40. The zero-order chi connectivity index (χ0) is 19.4. The van der Waals surface area contributed by atoms with E-state index in [1.165, 1.54) is 6.21 Å². The van der Waals surface area contributed by atoms with Crippen LogP contribution in [0.5, 0.6) is 0 Å². The molecule has 0 saturated heterocycles. The van der Waals surface area contributed by atoms with Crippen LogP contribution >= 0.6 is 39.1 Å². The second-order valence-electron chi connectivity index (χ2n) is 5.75. The molecule has 0 atom stereocenters. The first-order valence-corrected chi connectivity index (χ1v) is 9.56. The SMILES string of the molecule is Cc1nn(Cc2ccc(Cl)cc2)c(Cl)c1/C=N/NC(=O)c1ccccc1Br. The molecule has 0 unspecified atom stereocenters. The van der Waals surface area contributed by atoms with E-state index in [4.69, 9.17) is 23.2 Å². The van der Waals surface area contributed by atoms with Crippen LogP contribution in [0.1, 0.15) is 27.2 Å². The number of hydrogen-bond acceptors (Lipinski definition) is 3. The average molecular weight is 466 g/mol. The molecule has 3 rings (SSSR count). The van der Waals surface area contributed by atoms with Crippen LogP contribution in [0.2, 0.25) is 10.2 Å². The van der Waals surface area contributed by atoms with Crippen molar-refractivity contribution in [3.63, 3.8) is 0 Å². The van der Waals surface area contributed by atoms with Gasteiger partial charge >= 0.3 is 0 Å². The number of hydrazone groups is 1. The van der Waals surface area contributed by atoms with Gasteiger partial charge in [0.05, 0.1) is 29.6 Å². The normalized spacial score (nSPS) is 11.1. The Balaban J connectivity index is 1.72. The number of hydrogen-bond donors (Lipinski definition) is 1. The lowest BCUT2D eigenvalue weighted by atomic mass is 10.2. The van der Waals surface area contributed by atoms with Crippen molar-refractivity contribution in [2.75, 3.05) is 0 Å². The number of nitrogens with one attached hydrogen (secondary N) is 1. The highest BCUT2D eigenvalue weighted by molar-refractivity contribution is 9.10. The lowest BCUT2D eigenvalue weighted by Crippen LogP contribution is -2.18. The van der Waals surface area contributed by atoms with Gasteiger partial charge in [-0.2, -0.15) is 10.2 Å². The highest BCUT2D eigenvalue weighted by Crippen LogP contribution is 2.20. The van der Waals surface area contributed by atoms with E-state index >= 15 is 0 Å². The summed E-state index contributed by atoms with van der Waals surface area (Å²) < 4.78 is 2.37. The molecule has 0 aliphatic heterocycles. The van der Waals surface area contributed by atoms with Gasteiger partial charge in [-0.15, -0.1) is 0 Å². The summed E-state index contributed by atoms with van der Waals surface area (Å²) in [6, 6.07) is 14.6. The van der Waals surface area contributed by atoms with Crippen molar-refractivity contribution in [2.45, 2.75) is 13.5 Å². The van der Waals surface area contributed by atoms with Crippen LogP contribution in [-0.4, -0.2) is 21.9 Å². The number of aryl methyl sites for hydroxylation is 1. The van der Waals surface area contributed by atoms with E-state index in [-0.39, 0.29) is 5.91 Å². The topological polar surface area (TPSA) is 59.3 Å². The lowest BCUT2D eigenvalue weighted by molar-refractivity contribution is 0.0954. The number of aromatic nitrogens is 2. The molecule has 27 heavy (non-hydrogen) atoms. The monoisotopic (exact) mass is 464 g/mol. The Hall–Kier alpha value is -2.15. The van der Waals surface area contributed by atoms with Crippen LogP contribution in [0.4, 0.5) is 0 Å². The minimum absolute atomic E-state index is 0.318. The van der Waals surface area contributed by atoms with Crippen molar-refractivity contribution in [2.24, 2.45) is 5.10 Å². The molecule has 8 heteroatoms. The predicted octanol–water partition coefficient (Wildman–Crippen LogP) is 5.07. The first-order chi connectivity index (χ1) is 13.0. The van der Waals surface area contributed by atoms with Crippen molar-refractivity contribution in [3.8, 4) is 0 Å². The number of carbonyl (C=O) groups excluding carboxylic acids is 1. The third-order valence-corrected chi connectivity index (χ3v) is 5.18. The summed E-state index contributed by atoms with van der Waals surface area (Å²) in [4.78, 5) is 12.2. The van der Waals surface area contributed by atoms with Gasteiger partial charge in [0.1, 0.15) is 5.15 Å². The molecule has 0 fully saturated rings. The van der Waals surface area contributed by atoms with Crippen LogP contribution in [0.3, 0.4) is 0 Å². The van der Waals surface area contributed by atoms with Crippen molar-refractivity contribution < 1.29 is 4.79 Å². The van der Waals surface area contributed by atoms with Crippen molar-refractivity contribution in [1.82, 2.24) is 15.2 Å². The fourth-order valence-electron chi connectivity index (χ4n) is 2.44. The number of nitrogens with zero attached hydrogens (tertiary/aromatic N) is 3. The zero-order valence-corrected chi connectivity index (χ0v) is 17.4. The first kappa shape index (κ1) is 19.6. The highest BCUT2D eigenvalue weighted by Gasteiger charge is 2.13. The summed E-state index contributed by atoms with van der Waals surface area (Å²) in [5, 5.41) is 9.57. The van der Waals surface area contributed by atoms with E-state index in [1.807, 2.05) is 37.3 Å². The van der Waals surface area contributed by atoms with Crippen LogP contribution in [0.15, 0.2) is 58.1 Å². The van der Waals surface area contributed by atoms with Crippen LogP contribution in [-0.2, 0) is 6.54 Å². The Morgan fingerprint density at radius 1 is 1.22 bits per heavy atom. The molecular weight excluding hydrogens is 451 g/mol. The lowest BCUT2D eigenvalue weighted by Gasteiger charge is -2.04. The Bertz CT molecular complexity index is 999. The maximum absolute atomic E-state index is 12.2. The quantitative estimate of drug-likeness (QED) is 0.422. The van der Waals surface area contributed by atoms with Crippen LogP contribution in [0.25, 0.3) is 0 Å². The third kappa shape index (κ3) is 4.77. The molecule has 3 aromatic rings. The highest BCUT2D eigenvalue weighted by atomic mass is 79.9. The molecule has 138 valence electrons. The Labute approximate surface area is 175 Å². The summed E-state index contributed by atoms with van der Waals surface area (Å²) in [5.41, 5.74) is 5.38. The maximum atomic E-state index is 12.2. The maximum Gasteiger partial charge on any atom is 0.272 e. The standard InChI is InChI=1S/C19H15BrCl2N4O/c1-12-16(10-23-24-19(27)15-4-2-3-5-17(15)20)18(22)26(25-12)11-13-6-8-14(21)9-7-13/h2-10H,11H2,1H3,(H,24,27)/b23-10+.